The molecule has 1 atom stereocenters. The molecule has 1 heterocycles. The molecule has 1 aromatic carbocycles. The molecule has 0 aromatic heterocycles. The van der Waals surface area contributed by atoms with Gasteiger partial charge in [-0.2, -0.15) is 0 Å². The van der Waals surface area contributed by atoms with Gasteiger partial charge in [0, 0.05) is 12.2 Å². The number of rotatable bonds is 4. The Morgan fingerprint density at radius 1 is 1.59 bits per heavy atom. The molecule has 0 bridgehead atoms. The van der Waals surface area contributed by atoms with Crippen molar-refractivity contribution in [2.75, 3.05) is 18.4 Å². The number of anilines is 1. The van der Waals surface area contributed by atoms with Crippen molar-refractivity contribution in [3.8, 4) is 0 Å². The number of carbonyl (C=O) groups is 1. The third-order valence-corrected chi connectivity index (χ3v) is 3.00. The second kappa shape index (κ2) is 4.90. The summed E-state index contributed by atoms with van der Waals surface area (Å²) in [6, 6.07) is 5.97. The largest absolute Gasteiger partial charge is 0.423 e. The average Bonchev–Trinajstić information content (AvgIpc) is 2.64. The minimum atomic E-state index is -0.0286. The van der Waals surface area contributed by atoms with Gasteiger partial charge in [0.15, 0.2) is 0 Å². The van der Waals surface area contributed by atoms with Gasteiger partial charge in [-0.15, -0.1) is 0 Å². The number of fused-ring (bicyclic) bond motifs is 1. The summed E-state index contributed by atoms with van der Waals surface area (Å²) in [6.45, 7) is 4.42. The Hall–Kier alpha value is -1.33. The van der Waals surface area contributed by atoms with Gasteiger partial charge in [-0.25, -0.2) is 0 Å². The number of nitrogens with one attached hydrogen (secondary N) is 1. The van der Waals surface area contributed by atoms with E-state index >= 15 is 0 Å². The molecule has 1 aliphatic heterocycles. The lowest BCUT2D eigenvalue weighted by atomic mass is 9.63. The first-order valence-corrected chi connectivity index (χ1v) is 5.85. The van der Waals surface area contributed by atoms with E-state index < -0.39 is 0 Å². The van der Waals surface area contributed by atoms with Crippen LogP contribution in [0.2, 0.25) is 6.82 Å². The van der Waals surface area contributed by atoms with Crippen LogP contribution in [-0.4, -0.2) is 25.8 Å². The number of hydrogen-bond donors (Lipinski definition) is 2. The molecule has 0 saturated carbocycles. The molecular weight excluding hydrogens is 215 g/mol. The SMILES string of the molecule is CB1O[C@@H](CN)c2cccc(NCC(C)=O)c21. The van der Waals surface area contributed by atoms with E-state index in [1.54, 1.807) is 6.92 Å². The summed E-state index contributed by atoms with van der Waals surface area (Å²) in [5.41, 5.74) is 8.92. The second-order valence-corrected chi connectivity index (χ2v) is 4.37. The van der Waals surface area contributed by atoms with Crippen LogP contribution in [0.1, 0.15) is 18.6 Å². The highest BCUT2D eigenvalue weighted by molar-refractivity contribution is 6.69. The molecule has 0 saturated heterocycles. The number of benzene rings is 1. The van der Waals surface area contributed by atoms with Crippen molar-refractivity contribution in [2.45, 2.75) is 19.9 Å². The topological polar surface area (TPSA) is 64.3 Å². The van der Waals surface area contributed by atoms with Crippen molar-refractivity contribution in [1.82, 2.24) is 0 Å². The molecule has 0 aliphatic carbocycles. The molecular formula is C12H17BN2O2. The van der Waals surface area contributed by atoms with Gasteiger partial charge in [-0.05, 0) is 24.0 Å². The van der Waals surface area contributed by atoms with Crippen LogP contribution in [-0.2, 0) is 9.45 Å². The summed E-state index contributed by atoms with van der Waals surface area (Å²) >= 11 is 0. The van der Waals surface area contributed by atoms with Gasteiger partial charge in [0.1, 0.15) is 5.78 Å². The van der Waals surface area contributed by atoms with Crippen molar-refractivity contribution < 1.29 is 9.45 Å². The van der Waals surface area contributed by atoms with E-state index in [4.69, 9.17) is 10.4 Å². The van der Waals surface area contributed by atoms with E-state index in [2.05, 4.69) is 5.32 Å². The summed E-state index contributed by atoms with van der Waals surface area (Å²) < 4.78 is 5.78. The predicted octanol–water partition coefficient (Wildman–Crippen LogP) is 0.546. The number of carbonyl (C=O) groups excluding carboxylic acids is 1. The molecule has 0 unspecified atom stereocenters. The van der Waals surface area contributed by atoms with E-state index in [1.807, 2.05) is 25.0 Å². The molecule has 0 spiro atoms. The van der Waals surface area contributed by atoms with Gasteiger partial charge in [-0.1, -0.05) is 19.0 Å². The van der Waals surface area contributed by atoms with Crippen molar-refractivity contribution in [3.05, 3.63) is 23.8 Å². The Kier molecular flexibility index (Phi) is 3.50. The molecule has 90 valence electrons. The number of hydrogen-bond acceptors (Lipinski definition) is 4. The zero-order chi connectivity index (χ0) is 12.4. The van der Waals surface area contributed by atoms with Gasteiger partial charge in [-0.3, -0.25) is 4.79 Å². The van der Waals surface area contributed by atoms with Crippen molar-refractivity contribution in [3.63, 3.8) is 0 Å². The zero-order valence-corrected chi connectivity index (χ0v) is 10.2. The lowest BCUT2D eigenvalue weighted by molar-refractivity contribution is -0.115. The molecule has 1 aliphatic rings. The van der Waals surface area contributed by atoms with Crippen LogP contribution in [0.5, 0.6) is 0 Å². The summed E-state index contributed by atoms with van der Waals surface area (Å²) in [7, 11) is 0. The molecule has 1 aromatic rings. The van der Waals surface area contributed by atoms with Gasteiger partial charge in [0.25, 0.3) is 0 Å². The maximum absolute atomic E-state index is 11.0. The maximum Gasteiger partial charge on any atom is 0.326 e. The molecule has 5 heteroatoms. The molecule has 2 rings (SSSR count). The third kappa shape index (κ3) is 2.35. The Bertz CT molecular complexity index is 437. The zero-order valence-electron chi connectivity index (χ0n) is 10.2. The average molecular weight is 232 g/mol. The van der Waals surface area contributed by atoms with Crippen molar-refractivity contribution in [2.24, 2.45) is 5.73 Å². The van der Waals surface area contributed by atoms with Gasteiger partial charge in [0.2, 0.25) is 0 Å². The summed E-state index contributed by atoms with van der Waals surface area (Å²) in [5.74, 6) is 0.115. The number of Topliss-reactive ketones (excluding diaryl/α,β-unsaturated/α-hetero) is 1. The standard InChI is InChI=1S/C12H17BN2O2/c1-8(16)7-15-10-5-3-4-9-11(6-14)17-13(2)12(9)10/h3-5,11,15H,6-7,14H2,1-2H3/t11-/m0/s1. The van der Waals surface area contributed by atoms with E-state index in [1.165, 1.54) is 0 Å². The fourth-order valence-corrected chi connectivity index (χ4v) is 2.26. The van der Waals surface area contributed by atoms with Crippen LogP contribution in [0.4, 0.5) is 5.69 Å². The number of nitrogens with two attached hydrogens (primary N) is 1. The summed E-state index contributed by atoms with van der Waals surface area (Å²) in [5, 5.41) is 3.15. The Morgan fingerprint density at radius 2 is 2.35 bits per heavy atom. The van der Waals surface area contributed by atoms with Crippen LogP contribution < -0.4 is 16.5 Å². The maximum atomic E-state index is 11.0. The minimum absolute atomic E-state index is 0.0224. The first kappa shape index (κ1) is 12.1. The molecule has 0 radical (unpaired) electrons. The van der Waals surface area contributed by atoms with Crippen LogP contribution in [0, 0.1) is 0 Å². The van der Waals surface area contributed by atoms with Crippen LogP contribution in [0.25, 0.3) is 0 Å². The quantitative estimate of drug-likeness (QED) is 0.744. The fourth-order valence-electron chi connectivity index (χ4n) is 2.26. The smallest absolute Gasteiger partial charge is 0.326 e. The Balaban J connectivity index is 2.30. The molecule has 0 amide bonds. The fraction of sp³-hybridized carbons (Fsp3) is 0.417. The van der Waals surface area contributed by atoms with E-state index in [0.717, 1.165) is 16.7 Å². The number of ketones is 1. The molecule has 17 heavy (non-hydrogen) atoms. The summed E-state index contributed by atoms with van der Waals surface area (Å²) in [6.07, 6.45) is -0.0286. The van der Waals surface area contributed by atoms with E-state index in [-0.39, 0.29) is 18.8 Å². The first-order valence-electron chi connectivity index (χ1n) is 5.85. The highest BCUT2D eigenvalue weighted by atomic mass is 16.5. The lowest BCUT2D eigenvalue weighted by Crippen LogP contribution is -2.28. The lowest BCUT2D eigenvalue weighted by Gasteiger charge is -2.11. The van der Waals surface area contributed by atoms with Gasteiger partial charge < -0.3 is 15.7 Å². The predicted molar refractivity (Wildman–Crippen MR) is 69.7 cm³/mol. The van der Waals surface area contributed by atoms with Gasteiger partial charge in [0.05, 0.1) is 12.6 Å². The van der Waals surface area contributed by atoms with Crippen LogP contribution in [0.15, 0.2) is 18.2 Å². The van der Waals surface area contributed by atoms with E-state index in [0.29, 0.717) is 13.1 Å². The summed E-state index contributed by atoms with van der Waals surface area (Å²) in [4.78, 5) is 11.0. The Morgan fingerprint density at radius 3 is 3.00 bits per heavy atom. The van der Waals surface area contributed by atoms with Crippen LogP contribution >= 0.6 is 0 Å². The van der Waals surface area contributed by atoms with Gasteiger partial charge >= 0.3 is 6.92 Å². The normalized spacial score (nSPS) is 18.1. The monoisotopic (exact) mass is 232 g/mol. The minimum Gasteiger partial charge on any atom is -0.423 e. The van der Waals surface area contributed by atoms with Crippen molar-refractivity contribution in [1.29, 1.82) is 0 Å². The molecule has 3 N–H and O–H groups in total. The second-order valence-electron chi connectivity index (χ2n) is 4.37. The first-order chi connectivity index (χ1) is 8.13. The van der Waals surface area contributed by atoms with E-state index in [9.17, 15) is 4.79 Å². The molecule has 0 fully saturated rings. The third-order valence-electron chi connectivity index (χ3n) is 3.00. The highest BCUT2D eigenvalue weighted by Crippen LogP contribution is 2.26. The van der Waals surface area contributed by atoms with Crippen LogP contribution in [0.3, 0.4) is 0 Å². The Labute approximate surface area is 102 Å². The highest BCUT2D eigenvalue weighted by Gasteiger charge is 2.32. The molecule has 4 nitrogen and oxygen atoms in total. The van der Waals surface area contributed by atoms with Crippen molar-refractivity contribution >= 4 is 23.8 Å².